The highest BCUT2D eigenvalue weighted by atomic mass is 35.5. The van der Waals surface area contributed by atoms with E-state index in [4.69, 9.17) is 27.9 Å². The Morgan fingerprint density at radius 2 is 2.05 bits per heavy atom. The van der Waals surface area contributed by atoms with Crippen LogP contribution in [0.1, 0.15) is 27.4 Å². The molecule has 0 fully saturated rings. The van der Waals surface area contributed by atoms with E-state index < -0.39 is 0 Å². The number of ether oxygens (including phenoxy) is 1. The second kappa shape index (κ2) is 5.47. The normalized spacial score (nSPS) is 16.2. The molecule has 0 bridgehead atoms. The van der Waals surface area contributed by atoms with Crippen molar-refractivity contribution in [1.82, 2.24) is 0 Å². The van der Waals surface area contributed by atoms with Gasteiger partial charge < -0.3 is 4.74 Å². The van der Waals surface area contributed by atoms with Crippen LogP contribution in [-0.2, 0) is 6.42 Å². The first-order chi connectivity index (χ1) is 9.69. The fourth-order valence-corrected chi connectivity index (χ4v) is 3.08. The van der Waals surface area contributed by atoms with Crippen LogP contribution in [0.4, 0.5) is 0 Å². The van der Waals surface area contributed by atoms with Gasteiger partial charge in [-0.1, -0.05) is 47.5 Å². The minimum atomic E-state index is 0.359. The third kappa shape index (κ3) is 2.41. The van der Waals surface area contributed by atoms with Gasteiger partial charge in [0.25, 0.3) is 0 Å². The van der Waals surface area contributed by atoms with E-state index in [9.17, 15) is 4.79 Å². The molecule has 1 aliphatic rings. The van der Waals surface area contributed by atoms with Crippen LogP contribution in [-0.4, -0.2) is 12.9 Å². The Morgan fingerprint density at radius 1 is 1.25 bits per heavy atom. The molecule has 0 saturated heterocycles. The van der Waals surface area contributed by atoms with Gasteiger partial charge in [-0.25, -0.2) is 0 Å². The van der Waals surface area contributed by atoms with Crippen LogP contribution in [0.2, 0.25) is 10.0 Å². The number of fused-ring (bicyclic) bond motifs is 1. The summed E-state index contributed by atoms with van der Waals surface area (Å²) >= 11 is 12.0. The Hall–Kier alpha value is -1.51. The largest absolute Gasteiger partial charge is 0.491 e. The molecule has 0 saturated carbocycles. The lowest BCUT2D eigenvalue weighted by Crippen LogP contribution is -2.23. The topological polar surface area (TPSA) is 26.3 Å². The summed E-state index contributed by atoms with van der Waals surface area (Å²) in [6.45, 7) is 0.513. The number of benzene rings is 2. The van der Waals surface area contributed by atoms with Crippen molar-refractivity contribution in [1.29, 1.82) is 0 Å². The number of rotatable bonds is 4. The number of carbonyl (C=O) groups is 1. The average Bonchev–Trinajstić information content (AvgIpc) is 2.41. The number of carbonyl (C=O) groups excluding carboxylic acids is 1. The maximum Gasteiger partial charge on any atom is 0.153 e. The highest BCUT2D eigenvalue weighted by molar-refractivity contribution is 6.36. The smallest absolute Gasteiger partial charge is 0.153 e. The molecule has 1 unspecified atom stereocenters. The lowest BCUT2D eigenvalue weighted by Gasteiger charge is -2.30. The summed E-state index contributed by atoms with van der Waals surface area (Å²) in [7, 11) is 0. The van der Waals surface area contributed by atoms with Crippen molar-refractivity contribution in [3.8, 4) is 5.75 Å². The predicted molar refractivity (Wildman–Crippen MR) is 80.2 cm³/mol. The fourth-order valence-electron chi connectivity index (χ4n) is 2.52. The molecule has 1 atom stereocenters. The van der Waals surface area contributed by atoms with Crippen LogP contribution in [0, 0.1) is 0 Å². The average molecular weight is 307 g/mol. The van der Waals surface area contributed by atoms with Crippen LogP contribution in [0.3, 0.4) is 0 Å². The molecule has 2 nitrogen and oxygen atoms in total. The van der Waals surface area contributed by atoms with E-state index >= 15 is 0 Å². The van der Waals surface area contributed by atoms with E-state index in [1.54, 1.807) is 12.1 Å². The second-order valence-corrected chi connectivity index (χ2v) is 5.68. The highest BCUT2D eigenvalue weighted by Crippen LogP contribution is 2.37. The summed E-state index contributed by atoms with van der Waals surface area (Å²) in [5.74, 6) is 0.771. The molecule has 102 valence electrons. The lowest BCUT2D eigenvalue weighted by atomic mass is 9.78. The SMILES string of the molecule is O=Cc1cc(Cl)cc(Cl)c1OCC1Cc2ccccc21. The summed E-state index contributed by atoms with van der Waals surface area (Å²) in [4.78, 5) is 11.1. The summed E-state index contributed by atoms with van der Waals surface area (Å²) in [5.41, 5.74) is 3.05. The summed E-state index contributed by atoms with van der Waals surface area (Å²) in [6, 6.07) is 11.4. The predicted octanol–water partition coefficient (Wildman–Crippen LogP) is 4.52. The number of halogens is 2. The molecule has 2 aromatic carbocycles. The Kier molecular flexibility index (Phi) is 3.68. The zero-order valence-corrected chi connectivity index (χ0v) is 12.1. The van der Waals surface area contributed by atoms with Crippen molar-refractivity contribution >= 4 is 29.5 Å². The third-order valence-electron chi connectivity index (χ3n) is 3.55. The quantitative estimate of drug-likeness (QED) is 0.776. The molecule has 4 heteroatoms. The standard InChI is InChI=1S/C16H12Cl2O2/c17-13-6-11(8-19)16(15(18)7-13)20-9-12-5-10-3-1-2-4-14(10)12/h1-4,6-8,12H,5,9H2. The zero-order chi connectivity index (χ0) is 14.1. The highest BCUT2D eigenvalue weighted by Gasteiger charge is 2.26. The molecule has 20 heavy (non-hydrogen) atoms. The zero-order valence-electron chi connectivity index (χ0n) is 10.6. The molecule has 0 amide bonds. The molecular weight excluding hydrogens is 295 g/mol. The van der Waals surface area contributed by atoms with E-state index in [2.05, 4.69) is 12.1 Å². The Labute approximate surface area is 127 Å². The Bertz CT molecular complexity index is 668. The molecule has 3 rings (SSSR count). The first-order valence-corrected chi connectivity index (χ1v) is 7.09. The van der Waals surface area contributed by atoms with Crippen molar-refractivity contribution < 1.29 is 9.53 Å². The van der Waals surface area contributed by atoms with Crippen LogP contribution >= 0.6 is 23.2 Å². The van der Waals surface area contributed by atoms with Gasteiger partial charge in [0, 0.05) is 10.9 Å². The van der Waals surface area contributed by atoms with Crippen LogP contribution < -0.4 is 4.74 Å². The maximum atomic E-state index is 11.1. The molecule has 0 aromatic heterocycles. The van der Waals surface area contributed by atoms with Crippen molar-refractivity contribution in [2.75, 3.05) is 6.61 Å². The number of aldehydes is 1. The third-order valence-corrected chi connectivity index (χ3v) is 4.05. The molecule has 0 heterocycles. The molecule has 0 N–H and O–H groups in total. The van der Waals surface area contributed by atoms with Crippen molar-refractivity contribution in [3.63, 3.8) is 0 Å². The van der Waals surface area contributed by atoms with Gasteiger partial charge in [0.05, 0.1) is 17.2 Å². The monoisotopic (exact) mass is 306 g/mol. The van der Waals surface area contributed by atoms with Crippen LogP contribution in [0.15, 0.2) is 36.4 Å². The van der Waals surface area contributed by atoms with Gasteiger partial charge in [-0.05, 0) is 29.7 Å². The van der Waals surface area contributed by atoms with E-state index in [1.807, 2.05) is 12.1 Å². The Balaban J connectivity index is 1.76. The maximum absolute atomic E-state index is 11.1. The van der Waals surface area contributed by atoms with Gasteiger partial charge in [0.2, 0.25) is 0 Å². The van der Waals surface area contributed by atoms with E-state index in [-0.39, 0.29) is 0 Å². The van der Waals surface area contributed by atoms with Gasteiger partial charge in [0.15, 0.2) is 6.29 Å². The molecule has 2 aromatic rings. The second-order valence-electron chi connectivity index (χ2n) is 4.83. The molecule has 0 spiro atoms. The number of hydrogen-bond acceptors (Lipinski definition) is 2. The summed E-state index contributed by atoms with van der Waals surface area (Å²) in [5, 5.41) is 0.797. The minimum absolute atomic E-state index is 0.359. The number of hydrogen-bond donors (Lipinski definition) is 0. The van der Waals surface area contributed by atoms with E-state index in [0.717, 1.165) is 6.42 Å². The van der Waals surface area contributed by atoms with E-state index in [0.29, 0.717) is 40.2 Å². The van der Waals surface area contributed by atoms with Gasteiger partial charge >= 0.3 is 0 Å². The van der Waals surface area contributed by atoms with Gasteiger partial charge in [-0.15, -0.1) is 0 Å². The van der Waals surface area contributed by atoms with Gasteiger partial charge in [-0.2, -0.15) is 0 Å². The summed E-state index contributed by atoms with van der Waals surface area (Å²) in [6.07, 6.45) is 1.71. The first kappa shape index (κ1) is 13.5. The molecule has 0 aliphatic heterocycles. The molecular formula is C16H12Cl2O2. The van der Waals surface area contributed by atoms with Gasteiger partial charge in [0.1, 0.15) is 5.75 Å². The minimum Gasteiger partial charge on any atom is -0.491 e. The lowest BCUT2D eigenvalue weighted by molar-refractivity contribution is 0.111. The van der Waals surface area contributed by atoms with Crippen molar-refractivity contribution in [2.24, 2.45) is 0 Å². The van der Waals surface area contributed by atoms with Crippen LogP contribution in [0.25, 0.3) is 0 Å². The van der Waals surface area contributed by atoms with Crippen molar-refractivity contribution in [3.05, 3.63) is 63.1 Å². The van der Waals surface area contributed by atoms with Crippen LogP contribution in [0.5, 0.6) is 5.75 Å². The van der Waals surface area contributed by atoms with Crippen molar-refractivity contribution in [2.45, 2.75) is 12.3 Å². The van der Waals surface area contributed by atoms with E-state index in [1.165, 1.54) is 11.1 Å². The first-order valence-electron chi connectivity index (χ1n) is 6.34. The molecule has 1 aliphatic carbocycles. The van der Waals surface area contributed by atoms with Gasteiger partial charge in [-0.3, -0.25) is 4.79 Å². The fraction of sp³-hybridized carbons (Fsp3) is 0.188. The molecule has 0 radical (unpaired) electrons. The Morgan fingerprint density at radius 3 is 2.80 bits per heavy atom. The summed E-state index contributed by atoms with van der Waals surface area (Å²) < 4.78 is 5.75.